The lowest BCUT2D eigenvalue weighted by atomic mass is 10.2. The minimum atomic E-state index is -4.67. The van der Waals surface area contributed by atoms with Gasteiger partial charge in [0.2, 0.25) is 5.82 Å². The molecule has 0 atom stereocenters. The van der Waals surface area contributed by atoms with Gasteiger partial charge in [0.1, 0.15) is 0 Å². The lowest BCUT2D eigenvalue weighted by Gasteiger charge is -2.08. The smallest absolute Gasteiger partial charge is 0.271 e. The van der Waals surface area contributed by atoms with Gasteiger partial charge < -0.3 is 0 Å². The highest BCUT2D eigenvalue weighted by molar-refractivity contribution is 5.95. The number of carbonyl (C=O) groups is 1. The van der Waals surface area contributed by atoms with Gasteiger partial charge in [-0.05, 0) is 31.2 Å². The third kappa shape index (κ3) is 2.88. The fraction of sp³-hybridized carbons (Fsp3) is 0.105. The number of carbonyl (C=O) groups excluding carboxylic acids is 1. The Morgan fingerprint density at radius 2 is 1.67 bits per heavy atom. The van der Waals surface area contributed by atoms with Crippen molar-refractivity contribution in [3.05, 3.63) is 77.7 Å². The zero-order chi connectivity index (χ0) is 19.2. The molecule has 136 valence electrons. The van der Waals surface area contributed by atoms with E-state index in [4.69, 9.17) is 0 Å². The van der Waals surface area contributed by atoms with E-state index in [0.717, 1.165) is 9.25 Å². The number of hydrogen-bond donors (Lipinski definition) is 0. The molecule has 0 spiro atoms. The molecular weight excluding hydrogens is 357 g/mol. The van der Waals surface area contributed by atoms with Gasteiger partial charge >= 0.3 is 6.18 Å². The molecule has 0 aliphatic rings. The summed E-state index contributed by atoms with van der Waals surface area (Å²) >= 11 is 0. The molecule has 0 bridgehead atoms. The predicted octanol–water partition coefficient (Wildman–Crippen LogP) is 4.24. The predicted molar refractivity (Wildman–Crippen MR) is 92.8 cm³/mol. The third-order valence-electron chi connectivity index (χ3n) is 4.13. The van der Waals surface area contributed by atoms with Crippen LogP contribution in [0.25, 0.3) is 16.9 Å². The van der Waals surface area contributed by atoms with Crippen LogP contribution in [0.5, 0.6) is 0 Å². The van der Waals surface area contributed by atoms with Crippen molar-refractivity contribution in [1.29, 1.82) is 0 Å². The molecule has 0 fully saturated rings. The lowest BCUT2D eigenvalue weighted by molar-refractivity contribution is -0.145. The van der Waals surface area contributed by atoms with E-state index < -0.39 is 17.9 Å². The van der Waals surface area contributed by atoms with Crippen LogP contribution < -0.4 is 0 Å². The van der Waals surface area contributed by atoms with Gasteiger partial charge in [0, 0.05) is 17.3 Å². The molecule has 27 heavy (non-hydrogen) atoms. The van der Waals surface area contributed by atoms with Crippen molar-refractivity contribution in [2.75, 3.05) is 0 Å². The normalized spacial score (nSPS) is 11.9. The maximum atomic E-state index is 13.5. The molecule has 2 aromatic heterocycles. The van der Waals surface area contributed by atoms with Crippen LogP contribution in [0.15, 0.2) is 60.7 Å². The first-order valence-corrected chi connectivity index (χ1v) is 8.08. The first kappa shape index (κ1) is 17.0. The number of rotatable bonds is 2. The third-order valence-corrected chi connectivity index (χ3v) is 4.13. The van der Waals surface area contributed by atoms with Crippen molar-refractivity contribution in [3.8, 4) is 5.82 Å². The van der Waals surface area contributed by atoms with Crippen molar-refractivity contribution in [2.45, 2.75) is 13.1 Å². The number of aryl methyl sites for hydroxylation is 1. The number of aromatic nitrogens is 4. The summed E-state index contributed by atoms with van der Waals surface area (Å²) < 4.78 is 42.6. The van der Waals surface area contributed by atoms with E-state index in [-0.39, 0.29) is 16.9 Å². The van der Waals surface area contributed by atoms with E-state index in [1.54, 1.807) is 49.4 Å². The Kier molecular flexibility index (Phi) is 3.83. The fourth-order valence-corrected chi connectivity index (χ4v) is 2.92. The number of halogens is 3. The second kappa shape index (κ2) is 6.08. The number of para-hydroxylation sites is 2. The SMILES string of the molecule is Cc1cc(-n2c(C(F)(F)F)nc3ccccc32)nn1C(=O)c1ccccc1. The van der Waals surface area contributed by atoms with Crippen molar-refractivity contribution in [3.63, 3.8) is 0 Å². The molecule has 0 radical (unpaired) electrons. The number of alkyl halides is 3. The first-order chi connectivity index (χ1) is 12.9. The Morgan fingerprint density at radius 1 is 1.00 bits per heavy atom. The van der Waals surface area contributed by atoms with Crippen LogP contribution in [0.2, 0.25) is 0 Å². The Labute approximate surface area is 151 Å². The molecule has 2 heterocycles. The van der Waals surface area contributed by atoms with E-state index in [1.807, 2.05) is 0 Å². The maximum Gasteiger partial charge on any atom is 0.450 e. The number of benzene rings is 2. The standard InChI is InChI=1S/C19H13F3N4O/c1-12-11-16(24-26(12)17(27)13-7-3-2-4-8-13)25-15-10-6-5-9-14(15)23-18(25)19(20,21)22/h2-11H,1H3. The zero-order valence-corrected chi connectivity index (χ0v) is 14.1. The van der Waals surface area contributed by atoms with Gasteiger partial charge in [0.05, 0.1) is 11.0 Å². The van der Waals surface area contributed by atoms with Crippen LogP contribution in [0, 0.1) is 6.92 Å². The summed E-state index contributed by atoms with van der Waals surface area (Å²) in [6, 6.07) is 16.1. The van der Waals surface area contributed by atoms with Gasteiger partial charge in [-0.2, -0.15) is 17.9 Å². The molecular formula is C19H13F3N4O. The summed E-state index contributed by atoms with van der Waals surface area (Å²) in [6.07, 6.45) is -4.67. The maximum absolute atomic E-state index is 13.5. The van der Waals surface area contributed by atoms with Gasteiger partial charge in [-0.25, -0.2) is 4.98 Å². The van der Waals surface area contributed by atoms with Gasteiger partial charge in [0.15, 0.2) is 5.82 Å². The molecule has 0 unspecified atom stereocenters. The van der Waals surface area contributed by atoms with Crippen molar-refractivity contribution >= 4 is 16.9 Å². The van der Waals surface area contributed by atoms with E-state index in [0.29, 0.717) is 11.3 Å². The Hall–Kier alpha value is -3.42. The number of fused-ring (bicyclic) bond motifs is 1. The van der Waals surface area contributed by atoms with Crippen molar-refractivity contribution in [1.82, 2.24) is 19.3 Å². The molecule has 0 N–H and O–H groups in total. The average Bonchev–Trinajstić information content (AvgIpc) is 3.22. The molecule has 0 aliphatic carbocycles. The van der Waals surface area contributed by atoms with E-state index >= 15 is 0 Å². The Balaban J connectivity index is 1.90. The largest absolute Gasteiger partial charge is 0.450 e. The highest BCUT2D eigenvalue weighted by Gasteiger charge is 2.38. The van der Waals surface area contributed by atoms with Crippen LogP contribution in [0.4, 0.5) is 13.2 Å². The molecule has 8 heteroatoms. The minimum Gasteiger partial charge on any atom is -0.271 e. The molecule has 5 nitrogen and oxygen atoms in total. The number of imidazole rings is 1. The van der Waals surface area contributed by atoms with E-state index in [1.165, 1.54) is 18.2 Å². The van der Waals surface area contributed by atoms with Gasteiger partial charge in [-0.3, -0.25) is 9.36 Å². The fourth-order valence-electron chi connectivity index (χ4n) is 2.92. The summed E-state index contributed by atoms with van der Waals surface area (Å²) in [5.41, 5.74) is 1.28. The van der Waals surface area contributed by atoms with Crippen LogP contribution in [-0.2, 0) is 6.18 Å². The second-order valence-electron chi connectivity index (χ2n) is 5.98. The van der Waals surface area contributed by atoms with E-state index in [9.17, 15) is 18.0 Å². The van der Waals surface area contributed by atoms with Crippen LogP contribution in [0.1, 0.15) is 21.9 Å². The Morgan fingerprint density at radius 3 is 2.37 bits per heavy atom. The Bertz CT molecular complexity index is 1140. The molecule has 2 aromatic carbocycles. The highest BCUT2D eigenvalue weighted by Crippen LogP contribution is 2.33. The quantitative estimate of drug-likeness (QED) is 0.530. The van der Waals surface area contributed by atoms with Gasteiger partial charge in [-0.15, -0.1) is 5.10 Å². The molecule has 0 saturated heterocycles. The number of hydrogen-bond acceptors (Lipinski definition) is 3. The van der Waals surface area contributed by atoms with Gasteiger partial charge in [0.25, 0.3) is 5.91 Å². The van der Waals surface area contributed by atoms with Crippen LogP contribution >= 0.6 is 0 Å². The van der Waals surface area contributed by atoms with E-state index in [2.05, 4.69) is 10.1 Å². The summed E-state index contributed by atoms with van der Waals surface area (Å²) in [5, 5.41) is 4.14. The molecule has 0 amide bonds. The zero-order valence-electron chi connectivity index (χ0n) is 14.1. The molecule has 4 rings (SSSR count). The number of nitrogens with zero attached hydrogens (tertiary/aromatic N) is 4. The summed E-state index contributed by atoms with van der Waals surface area (Å²) in [6.45, 7) is 1.61. The average molecular weight is 370 g/mol. The van der Waals surface area contributed by atoms with Crippen LogP contribution in [0.3, 0.4) is 0 Å². The summed E-state index contributed by atoms with van der Waals surface area (Å²) in [5.74, 6) is -1.52. The second-order valence-corrected chi connectivity index (χ2v) is 5.98. The van der Waals surface area contributed by atoms with Gasteiger partial charge in [-0.1, -0.05) is 30.3 Å². The first-order valence-electron chi connectivity index (χ1n) is 8.08. The highest BCUT2D eigenvalue weighted by atomic mass is 19.4. The minimum absolute atomic E-state index is 0.0159. The molecule has 0 saturated carbocycles. The van der Waals surface area contributed by atoms with Crippen molar-refractivity contribution in [2.24, 2.45) is 0 Å². The monoisotopic (exact) mass is 370 g/mol. The topological polar surface area (TPSA) is 52.7 Å². The lowest BCUT2D eigenvalue weighted by Crippen LogP contribution is -2.17. The summed E-state index contributed by atoms with van der Waals surface area (Å²) in [7, 11) is 0. The van der Waals surface area contributed by atoms with Crippen LogP contribution in [-0.4, -0.2) is 25.2 Å². The molecule has 4 aromatic rings. The molecule has 0 aliphatic heterocycles. The van der Waals surface area contributed by atoms with Crippen molar-refractivity contribution < 1.29 is 18.0 Å². The summed E-state index contributed by atoms with van der Waals surface area (Å²) in [4.78, 5) is 16.4.